The van der Waals surface area contributed by atoms with Gasteiger partial charge in [-0.05, 0) is 37.8 Å². The molecule has 16 heavy (non-hydrogen) atoms. The van der Waals surface area contributed by atoms with Crippen LogP contribution in [0, 0.1) is 6.92 Å². The van der Waals surface area contributed by atoms with Gasteiger partial charge in [-0.2, -0.15) is 0 Å². The van der Waals surface area contributed by atoms with Gasteiger partial charge in [-0.15, -0.1) is 0 Å². The number of hydrogen-bond acceptors (Lipinski definition) is 2. The zero-order valence-corrected chi connectivity index (χ0v) is 10.4. The quantitative estimate of drug-likeness (QED) is 0.840. The van der Waals surface area contributed by atoms with Crippen molar-refractivity contribution in [3.05, 3.63) is 35.4 Å². The lowest BCUT2D eigenvalue weighted by atomic mass is 9.88. The molecule has 2 heteroatoms. The third-order valence-corrected chi connectivity index (χ3v) is 3.57. The van der Waals surface area contributed by atoms with E-state index in [1.165, 1.54) is 11.1 Å². The van der Waals surface area contributed by atoms with Crippen molar-refractivity contribution in [2.45, 2.75) is 44.9 Å². The molecule has 1 saturated carbocycles. The van der Waals surface area contributed by atoms with Crippen molar-refractivity contribution in [2.24, 2.45) is 0 Å². The molecular weight excluding hydrogens is 198 g/mol. The number of aryl methyl sites for hydroxylation is 1. The molecule has 1 aromatic carbocycles. The Morgan fingerprint density at radius 3 is 2.62 bits per heavy atom. The largest absolute Gasteiger partial charge is 0.381 e. The molecule has 88 valence electrons. The predicted octanol–water partition coefficient (Wildman–Crippen LogP) is 2.82. The Balaban J connectivity index is 1.89. The van der Waals surface area contributed by atoms with Gasteiger partial charge in [0.2, 0.25) is 0 Å². The molecular formula is C14H21NO. The number of hydrogen-bond donors (Lipinski definition) is 1. The standard InChI is InChI=1S/C14H21NO/c1-10-6-4-5-7-14(10)11(2)15-12-8-13(9-12)16-3/h4-7,11-13,15H,8-9H2,1-3H3/t11-,12?,13?/m0/s1. The van der Waals surface area contributed by atoms with E-state index in [0.717, 1.165) is 12.8 Å². The Morgan fingerprint density at radius 1 is 1.31 bits per heavy atom. The molecule has 0 unspecified atom stereocenters. The van der Waals surface area contributed by atoms with Crippen LogP contribution in [0.3, 0.4) is 0 Å². The molecule has 1 aromatic rings. The van der Waals surface area contributed by atoms with Crippen molar-refractivity contribution in [2.75, 3.05) is 7.11 Å². The molecule has 1 fully saturated rings. The van der Waals surface area contributed by atoms with Gasteiger partial charge in [0.1, 0.15) is 0 Å². The van der Waals surface area contributed by atoms with Gasteiger partial charge in [0.05, 0.1) is 6.10 Å². The maximum atomic E-state index is 5.29. The number of rotatable bonds is 4. The molecule has 2 rings (SSSR count). The fraction of sp³-hybridized carbons (Fsp3) is 0.571. The minimum absolute atomic E-state index is 0.434. The summed E-state index contributed by atoms with van der Waals surface area (Å²) in [5.41, 5.74) is 2.77. The van der Waals surface area contributed by atoms with E-state index >= 15 is 0 Å². The van der Waals surface area contributed by atoms with Crippen LogP contribution in [0.25, 0.3) is 0 Å². The summed E-state index contributed by atoms with van der Waals surface area (Å²) in [7, 11) is 1.80. The normalized spacial score (nSPS) is 26.2. The van der Waals surface area contributed by atoms with Crippen LogP contribution < -0.4 is 5.32 Å². The van der Waals surface area contributed by atoms with E-state index in [-0.39, 0.29) is 0 Å². The summed E-state index contributed by atoms with van der Waals surface area (Å²) in [5.74, 6) is 0. The van der Waals surface area contributed by atoms with E-state index < -0.39 is 0 Å². The first-order valence-electron chi connectivity index (χ1n) is 6.05. The van der Waals surface area contributed by atoms with E-state index in [1.807, 2.05) is 0 Å². The average molecular weight is 219 g/mol. The molecule has 2 nitrogen and oxygen atoms in total. The van der Waals surface area contributed by atoms with Crippen molar-refractivity contribution in [3.8, 4) is 0 Å². The monoisotopic (exact) mass is 219 g/mol. The Morgan fingerprint density at radius 2 is 2.00 bits per heavy atom. The molecule has 0 aromatic heterocycles. The van der Waals surface area contributed by atoms with Gasteiger partial charge in [-0.1, -0.05) is 24.3 Å². The maximum Gasteiger partial charge on any atom is 0.0601 e. The van der Waals surface area contributed by atoms with Gasteiger partial charge in [-0.3, -0.25) is 0 Å². The van der Waals surface area contributed by atoms with Crippen LogP contribution in [0.1, 0.15) is 36.9 Å². The molecule has 0 heterocycles. The summed E-state index contributed by atoms with van der Waals surface area (Å²) < 4.78 is 5.29. The van der Waals surface area contributed by atoms with Crippen LogP contribution in [0.5, 0.6) is 0 Å². The molecule has 1 aliphatic carbocycles. The number of ether oxygens (including phenoxy) is 1. The zero-order chi connectivity index (χ0) is 11.5. The lowest BCUT2D eigenvalue weighted by Crippen LogP contribution is -2.45. The molecule has 1 atom stereocenters. The van der Waals surface area contributed by atoms with Crippen LogP contribution in [0.15, 0.2) is 24.3 Å². The Hall–Kier alpha value is -0.860. The van der Waals surface area contributed by atoms with Crippen LogP contribution in [-0.2, 0) is 4.74 Å². The van der Waals surface area contributed by atoms with Crippen molar-refractivity contribution >= 4 is 0 Å². The fourth-order valence-corrected chi connectivity index (χ4v) is 2.41. The molecule has 0 radical (unpaired) electrons. The third-order valence-electron chi connectivity index (χ3n) is 3.57. The van der Waals surface area contributed by atoms with Crippen molar-refractivity contribution < 1.29 is 4.74 Å². The number of nitrogens with one attached hydrogen (secondary N) is 1. The van der Waals surface area contributed by atoms with Gasteiger partial charge < -0.3 is 10.1 Å². The first kappa shape index (κ1) is 11.6. The van der Waals surface area contributed by atoms with E-state index in [1.54, 1.807) is 7.11 Å². The highest BCUT2D eigenvalue weighted by Gasteiger charge is 2.29. The first-order chi connectivity index (χ1) is 7.70. The Bertz CT molecular complexity index is 344. The van der Waals surface area contributed by atoms with E-state index in [4.69, 9.17) is 4.74 Å². The average Bonchev–Trinajstić information content (AvgIpc) is 2.23. The first-order valence-corrected chi connectivity index (χ1v) is 6.05. The molecule has 1 N–H and O–H groups in total. The SMILES string of the molecule is COC1CC(N[C@@H](C)c2ccccc2C)C1. The summed E-state index contributed by atoms with van der Waals surface area (Å²) in [4.78, 5) is 0. The summed E-state index contributed by atoms with van der Waals surface area (Å²) in [6.07, 6.45) is 2.76. The highest BCUT2D eigenvalue weighted by Crippen LogP contribution is 2.26. The topological polar surface area (TPSA) is 21.3 Å². The van der Waals surface area contributed by atoms with Gasteiger partial charge in [0, 0.05) is 19.2 Å². The Labute approximate surface area is 98.0 Å². The zero-order valence-electron chi connectivity index (χ0n) is 10.4. The summed E-state index contributed by atoms with van der Waals surface area (Å²) in [6.45, 7) is 4.41. The van der Waals surface area contributed by atoms with Gasteiger partial charge in [-0.25, -0.2) is 0 Å². The van der Waals surface area contributed by atoms with Crippen LogP contribution >= 0.6 is 0 Å². The highest BCUT2D eigenvalue weighted by molar-refractivity contribution is 5.28. The second kappa shape index (κ2) is 4.98. The lowest BCUT2D eigenvalue weighted by molar-refractivity contribution is 0.0147. The number of benzene rings is 1. The van der Waals surface area contributed by atoms with E-state index in [2.05, 4.69) is 43.4 Å². The highest BCUT2D eigenvalue weighted by atomic mass is 16.5. The lowest BCUT2D eigenvalue weighted by Gasteiger charge is -2.37. The molecule has 0 aliphatic heterocycles. The molecule has 1 aliphatic rings. The molecule has 0 spiro atoms. The van der Waals surface area contributed by atoms with Crippen molar-refractivity contribution in [3.63, 3.8) is 0 Å². The fourth-order valence-electron chi connectivity index (χ4n) is 2.41. The molecule has 0 bridgehead atoms. The predicted molar refractivity (Wildman–Crippen MR) is 66.5 cm³/mol. The minimum Gasteiger partial charge on any atom is -0.381 e. The minimum atomic E-state index is 0.434. The molecule has 0 saturated heterocycles. The Kier molecular flexibility index (Phi) is 3.62. The summed E-state index contributed by atoms with van der Waals surface area (Å²) >= 11 is 0. The summed E-state index contributed by atoms with van der Waals surface area (Å²) in [6, 6.07) is 9.64. The van der Waals surface area contributed by atoms with Gasteiger partial charge in [0.15, 0.2) is 0 Å². The van der Waals surface area contributed by atoms with Gasteiger partial charge >= 0.3 is 0 Å². The molecule has 0 amide bonds. The van der Waals surface area contributed by atoms with Crippen molar-refractivity contribution in [1.29, 1.82) is 0 Å². The van der Waals surface area contributed by atoms with Crippen LogP contribution in [-0.4, -0.2) is 19.3 Å². The third kappa shape index (κ3) is 2.45. The number of methoxy groups -OCH3 is 1. The van der Waals surface area contributed by atoms with E-state index in [9.17, 15) is 0 Å². The second-order valence-corrected chi connectivity index (χ2v) is 4.77. The smallest absolute Gasteiger partial charge is 0.0601 e. The summed E-state index contributed by atoms with van der Waals surface area (Å²) in [5, 5.41) is 3.66. The van der Waals surface area contributed by atoms with Crippen molar-refractivity contribution in [1.82, 2.24) is 5.32 Å². The van der Waals surface area contributed by atoms with Gasteiger partial charge in [0.25, 0.3) is 0 Å². The van der Waals surface area contributed by atoms with Crippen LogP contribution in [0.2, 0.25) is 0 Å². The maximum absolute atomic E-state index is 5.29. The van der Waals surface area contributed by atoms with E-state index in [0.29, 0.717) is 18.2 Å². The van der Waals surface area contributed by atoms with Crippen LogP contribution in [0.4, 0.5) is 0 Å². The second-order valence-electron chi connectivity index (χ2n) is 4.77.